The van der Waals surface area contributed by atoms with Gasteiger partial charge in [0.2, 0.25) is 5.16 Å². The summed E-state index contributed by atoms with van der Waals surface area (Å²) < 4.78 is 39.9. The lowest BCUT2D eigenvalue weighted by atomic mass is 10.1. The molecule has 0 unspecified atom stereocenters. The maximum absolute atomic E-state index is 13.0. The highest BCUT2D eigenvalue weighted by atomic mass is 32.2. The van der Waals surface area contributed by atoms with Crippen LogP contribution in [-0.2, 0) is 23.0 Å². The summed E-state index contributed by atoms with van der Waals surface area (Å²) in [4.78, 5) is 4.36. The molecule has 1 aliphatic rings. The van der Waals surface area contributed by atoms with Gasteiger partial charge < -0.3 is 14.0 Å². The highest BCUT2D eigenvalue weighted by Gasteiger charge is 2.34. The average molecular weight is 387 g/mol. The lowest BCUT2D eigenvalue weighted by molar-refractivity contribution is 0.351. The van der Waals surface area contributed by atoms with Gasteiger partial charge in [0.15, 0.2) is 11.5 Å². The van der Waals surface area contributed by atoms with Crippen LogP contribution < -0.4 is 9.47 Å². The number of aromatic nitrogens is 2. The fourth-order valence-corrected chi connectivity index (χ4v) is 5.00. The number of rotatable bonds is 5. The van der Waals surface area contributed by atoms with Gasteiger partial charge in [-0.1, -0.05) is 18.2 Å². The van der Waals surface area contributed by atoms with Gasteiger partial charge in [0.05, 0.1) is 25.3 Å². The molecule has 0 atom stereocenters. The van der Waals surface area contributed by atoms with E-state index in [-0.39, 0.29) is 5.16 Å². The summed E-state index contributed by atoms with van der Waals surface area (Å²) >= 11 is 0. The number of nitrogens with zero attached hydrogens (tertiary/aromatic N) is 3. The molecule has 0 bridgehead atoms. The molecule has 0 aliphatic carbocycles. The Kier molecular flexibility index (Phi) is 4.53. The van der Waals surface area contributed by atoms with E-state index in [2.05, 4.69) is 4.98 Å². The van der Waals surface area contributed by atoms with Gasteiger partial charge in [-0.25, -0.2) is 13.4 Å². The third-order valence-corrected chi connectivity index (χ3v) is 6.68. The van der Waals surface area contributed by atoms with Crippen LogP contribution in [-0.4, -0.2) is 49.6 Å². The zero-order chi connectivity index (χ0) is 19.0. The Hall–Kier alpha value is -2.58. The van der Waals surface area contributed by atoms with E-state index in [4.69, 9.17) is 9.47 Å². The van der Waals surface area contributed by atoms with E-state index < -0.39 is 10.0 Å². The maximum Gasteiger partial charge on any atom is 0.277 e. The lowest BCUT2D eigenvalue weighted by Gasteiger charge is -2.27. The summed E-state index contributed by atoms with van der Waals surface area (Å²) in [5, 5.41) is 0.127. The van der Waals surface area contributed by atoms with Crippen molar-refractivity contribution in [1.29, 1.82) is 0 Å². The van der Waals surface area contributed by atoms with E-state index in [1.54, 1.807) is 18.8 Å². The summed E-state index contributed by atoms with van der Waals surface area (Å²) in [5.41, 5.74) is 2.55. The Balaban J connectivity index is 1.57. The molecule has 8 heteroatoms. The van der Waals surface area contributed by atoms with Gasteiger partial charge in [0.1, 0.15) is 0 Å². The number of hydrogen-bond acceptors (Lipinski definition) is 5. The second-order valence-corrected chi connectivity index (χ2v) is 8.21. The van der Waals surface area contributed by atoms with E-state index in [0.717, 1.165) is 11.1 Å². The largest absolute Gasteiger partial charge is 0.493 e. The predicted molar refractivity (Wildman–Crippen MR) is 102 cm³/mol. The number of sulfonamides is 1. The number of benzene rings is 2. The number of ether oxygens (including phenoxy) is 2. The molecule has 0 saturated heterocycles. The van der Waals surface area contributed by atoms with Crippen molar-refractivity contribution in [1.82, 2.24) is 13.9 Å². The first-order chi connectivity index (χ1) is 13.0. The topological polar surface area (TPSA) is 73.7 Å². The van der Waals surface area contributed by atoms with E-state index >= 15 is 0 Å². The van der Waals surface area contributed by atoms with Gasteiger partial charge in [0.25, 0.3) is 10.0 Å². The van der Waals surface area contributed by atoms with Gasteiger partial charge in [-0.3, -0.25) is 0 Å². The van der Waals surface area contributed by atoms with Gasteiger partial charge in [0, 0.05) is 19.6 Å². The highest BCUT2D eigenvalue weighted by Crippen LogP contribution is 2.29. The van der Waals surface area contributed by atoms with Crippen molar-refractivity contribution in [2.75, 3.05) is 27.3 Å². The van der Waals surface area contributed by atoms with Crippen LogP contribution in [0.15, 0.2) is 47.6 Å². The van der Waals surface area contributed by atoms with Gasteiger partial charge in [-0.15, -0.1) is 0 Å². The first-order valence-corrected chi connectivity index (χ1v) is 10.1. The molecule has 0 spiro atoms. The van der Waals surface area contributed by atoms with Crippen molar-refractivity contribution in [3.63, 3.8) is 0 Å². The Morgan fingerprint density at radius 2 is 1.81 bits per heavy atom. The minimum absolute atomic E-state index is 0.127. The Labute approximate surface area is 158 Å². The minimum Gasteiger partial charge on any atom is -0.493 e. The Morgan fingerprint density at radius 1 is 1.04 bits per heavy atom. The predicted octanol–water partition coefficient (Wildman–Crippen LogP) is 2.30. The molecule has 2 aromatic carbocycles. The minimum atomic E-state index is -3.61. The molecule has 1 aromatic heterocycles. The second kappa shape index (κ2) is 6.86. The summed E-state index contributed by atoms with van der Waals surface area (Å²) in [6, 6.07) is 13.1. The van der Waals surface area contributed by atoms with Gasteiger partial charge in [-0.05, 0) is 36.2 Å². The van der Waals surface area contributed by atoms with E-state index in [1.807, 2.05) is 42.5 Å². The maximum atomic E-state index is 13.0. The second-order valence-electron chi connectivity index (χ2n) is 6.38. The Morgan fingerprint density at radius 3 is 2.59 bits per heavy atom. The number of fused-ring (bicyclic) bond motifs is 3. The zero-order valence-corrected chi connectivity index (χ0v) is 16.1. The van der Waals surface area contributed by atoms with Crippen molar-refractivity contribution >= 4 is 21.1 Å². The molecule has 142 valence electrons. The van der Waals surface area contributed by atoms with Gasteiger partial charge in [-0.2, -0.15) is 4.31 Å². The van der Waals surface area contributed by atoms with Crippen LogP contribution >= 0.6 is 0 Å². The van der Waals surface area contributed by atoms with Crippen LogP contribution in [0.5, 0.6) is 11.5 Å². The summed E-state index contributed by atoms with van der Waals surface area (Å²) in [7, 11) is -0.442. The van der Waals surface area contributed by atoms with Crippen LogP contribution in [0.25, 0.3) is 11.0 Å². The molecule has 3 aromatic rings. The molecule has 0 fully saturated rings. The zero-order valence-electron chi connectivity index (χ0n) is 15.3. The monoisotopic (exact) mass is 387 g/mol. The highest BCUT2D eigenvalue weighted by molar-refractivity contribution is 7.89. The molecular formula is C19H21N3O4S. The summed E-state index contributed by atoms with van der Waals surface area (Å²) in [6.45, 7) is 1.42. The van der Waals surface area contributed by atoms with Crippen LogP contribution in [0, 0.1) is 0 Å². The third-order valence-electron chi connectivity index (χ3n) is 4.86. The fraction of sp³-hybridized carbons (Fsp3) is 0.316. The molecule has 2 heterocycles. The average Bonchev–Trinajstić information content (AvgIpc) is 3.07. The van der Waals surface area contributed by atoms with Crippen molar-refractivity contribution in [3.8, 4) is 11.5 Å². The van der Waals surface area contributed by atoms with Crippen LogP contribution in [0.4, 0.5) is 0 Å². The van der Waals surface area contributed by atoms with Crippen LogP contribution in [0.3, 0.4) is 0 Å². The number of para-hydroxylation sites is 2. The van der Waals surface area contributed by atoms with Crippen LogP contribution in [0.2, 0.25) is 0 Å². The molecule has 7 nitrogen and oxygen atoms in total. The summed E-state index contributed by atoms with van der Waals surface area (Å²) in [6.07, 6.45) is 0.583. The number of imidazole rings is 1. The van der Waals surface area contributed by atoms with Crippen molar-refractivity contribution < 1.29 is 17.9 Å². The van der Waals surface area contributed by atoms with Crippen LogP contribution in [0.1, 0.15) is 5.56 Å². The molecule has 27 heavy (non-hydrogen) atoms. The van der Waals surface area contributed by atoms with Crippen molar-refractivity contribution in [3.05, 3.63) is 48.0 Å². The van der Waals surface area contributed by atoms with E-state index in [9.17, 15) is 8.42 Å². The SMILES string of the molecule is COc1ccc(CCN2CCn3c(nc4ccccc43)S2(=O)=O)cc1OC. The molecule has 0 N–H and O–H groups in total. The molecular weight excluding hydrogens is 366 g/mol. The molecule has 0 radical (unpaired) electrons. The smallest absolute Gasteiger partial charge is 0.277 e. The number of methoxy groups -OCH3 is 2. The van der Waals surface area contributed by atoms with Crippen molar-refractivity contribution in [2.24, 2.45) is 0 Å². The normalized spacial score (nSPS) is 16.2. The standard InChI is InChI=1S/C19H21N3O4S/c1-25-17-8-7-14(13-18(17)26-2)9-10-21-11-12-22-16-6-4-3-5-15(16)20-19(22)27(21,23)24/h3-8,13H,9-12H2,1-2H3. The first-order valence-electron chi connectivity index (χ1n) is 8.71. The molecule has 1 aliphatic heterocycles. The van der Waals surface area contributed by atoms with E-state index in [1.165, 1.54) is 4.31 Å². The van der Waals surface area contributed by atoms with E-state index in [0.29, 0.717) is 43.1 Å². The lowest BCUT2D eigenvalue weighted by Crippen LogP contribution is -2.41. The Bertz CT molecular complexity index is 1090. The van der Waals surface area contributed by atoms with Crippen molar-refractivity contribution in [2.45, 2.75) is 18.1 Å². The molecule has 0 amide bonds. The quantitative estimate of drug-likeness (QED) is 0.672. The number of hydrogen-bond donors (Lipinski definition) is 0. The van der Waals surface area contributed by atoms with Gasteiger partial charge >= 0.3 is 0 Å². The molecule has 0 saturated carbocycles. The third kappa shape index (κ3) is 3.04. The fourth-order valence-electron chi connectivity index (χ4n) is 3.44. The molecule has 4 rings (SSSR count). The first kappa shape index (κ1) is 17.8. The summed E-state index contributed by atoms with van der Waals surface area (Å²) in [5.74, 6) is 1.29.